The molecule has 0 unspecified atom stereocenters. The Morgan fingerprint density at radius 2 is 2.04 bits per heavy atom. The molecule has 3 N–H and O–H groups in total. The van der Waals surface area contributed by atoms with E-state index in [0.29, 0.717) is 11.5 Å². The average molecular weight is 365 g/mol. The molecule has 0 radical (unpaired) electrons. The van der Waals surface area contributed by atoms with Crippen molar-refractivity contribution in [3.63, 3.8) is 0 Å². The second-order valence-corrected chi connectivity index (χ2v) is 6.90. The van der Waals surface area contributed by atoms with Crippen LogP contribution in [0.25, 0.3) is 11.0 Å². The average Bonchev–Trinajstić information content (AvgIpc) is 3.21. The first kappa shape index (κ1) is 17.6. The molecule has 1 aromatic carbocycles. The fourth-order valence-electron chi connectivity index (χ4n) is 3.60. The van der Waals surface area contributed by atoms with Gasteiger partial charge in [-0.05, 0) is 43.9 Å². The summed E-state index contributed by atoms with van der Waals surface area (Å²) in [4.78, 5) is 28.7. The molecule has 3 heterocycles. The van der Waals surface area contributed by atoms with Crippen LogP contribution in [0, 0.1) is 0 Å². The third kappa shape index (κ3) is 3.98. The molecule has 0 aliphatic carbocycles. The number of nitrogens with one attached hydrogen (secondary N) is 1. The van der Waals surface area contributed by atoms with Crippen LogP contribution in [0.4, 0.5) is 0 Å². The number of primary amides is 1. The summed E-state index contributed by atoms with van der Waals surface area (Å²) in [6.07, 6.45) is 8.14. The van der Waals surface area contributed by atoms with Gasteiger partial charge < -0.3 is 15.5 Å². The molecule has 1 saturated heterocycles. The zero-order chi connectivity index (χ0) is 18.6. The van der Waals surface area contributed by atoms with Crippen LogP contribution in [0.15, 0.2) is 30.6 Å². The first-order chi connectivity index (χ1) is 13.2. The van der Waals surface area contributed by atoms with Gasteiger partial charge in [0.1, 0.15) is 5.82 Å². The lowest BCUT2D eigenvalue weighted by molar-refractivity contribution is 0.0843. The van der Waals surface area contributed by atoms with E-state index in [1.807, 2.05) is 12.3 Å². The molecular weight excluding hydrogens is 342 g/mol. The monoisotopic (exact) mass is 365 g/mol. The van der Waals surface area contributed by atoms with E-state index in [4.69, 9.17) is 20.4 Å². The van der Waals surface area contributed by atoms with Crippen molar-refractivity contribution >= 4 is 16.9 Å². The van der Waals surface area contributed by atoms with Gasteiger partial charge in [-0.1, -0.05) is 0 Å². The molecule has 27 heavy (non-hydrogen) atoms. The molecule has 0 atom stereocenters. The van der Waals surface area contributed by atoms with Crippen LogP contribution >= 0.6 is 0 Å². The standard InChI is InChI=1S/C20H23N5O2/c21-20(26)14-4-5-15-17(12-14)24-16(2-1-3-18-22-8-9-23-18)19(25-15)13-6-10-27-11-7-13/h4-5,8-9,12-13H,1-3,6-7,10-11H2,(H2,21,26)(H,22,23). The first-order valence-corrected chi connectivity index (χ1v) is 9.37. The summed E-state index contributed by atoms with van der Waals surface area (Å²) < 4.78 is 5.51. The molecule has 7 heteroatoms. The summed E-state index contributed by atoms with van der Waals surface area (Å²) in [5.74, 6) is 0.893. The first-order valence-electron chi connectivity index (χ1n) is 9.37. The molecule has 1 aliphatic heterocycles. The van der Waals surface area contributed by atoms with Crippen molar-refractivity contribution in [1.29, 1.82) is 0 Å². The number of benzene rings is 1. The highest BCUT2D eigenvalue weighted by atomic mass is 16.5. The summed E-state index contributed by atoms with van der Waals surface area (Å²) >= 11 is 0. The number of carbonyl (C=O) groups excluding carboxylic acids is 1. The van der Waals surface area contributed by atoms with E-state index in [0.717, 1.165) is 73.6 Å². The van der Waals surface area contributed by atoms with Gasteiger partial charge in [0, 0.05) is 43.5 Å². The number of hydrogen-bond donors (Lipinski definition) is 2. The summed E-state index contributed by atoms with van der Waals surface area (Å²) in [5, 5.41) is 0. The van der Waals surface area contributed by atoms with Crippen LogP contribution in [0.2, 0.25) is 0 Å². The number of amides is 1. The van der Waals surface area contributed by atoms with Crippen LogP contribution in [0.3, 0.4) is 0 Å². The van der Waals surface area contributed by atoms with Gasteiger partial charge in [-0.25, -0.2) is 15.0 Å². The van der Waals surface area contributed by atoms with E-state index in [2.05, 4.69) is 9.97 Å². The van der Waals surface area contributed by atoms with Crippen molar-refractivity contribution in [2.75, 3.05) is 13.2 Å². The minimum atomic E-state index is -0.452. The summed E-state index contributed by atoms with van der Waals surface area (Å²) in [5.41, 5.74) is 9.46. The number of nitrogens with zero attached hydrogens (tertiary/aromatic N) is 3. The van der Waals surface area contributed by atoms with Crippen molar-refractivity contribution in [3.05, 3.63) is 53.4 Å². The quantitative estimate of drug-likeness (QED) is 0.698. The highest BCUT2D eigenvalue weighted by Gasteiger charge is 2.22. The lowest BCUT2D eigenvalue weighted by Gasteiger charge is -2.23. The number of ether oxygens (including phenoxy) is 1. The molecular formula is C20H23N5O2. The molecule has 0 bridgehead atoms. The molecule has 1 aliphatic rings. The highest BCUT2D eigenvalue weighted by molar-refractivity contribution is 5.96. The second kappa shape index (κ2) is 7.84. The number of aromatic amines is 1. The van der Waals surface area contributed by atoms with Crippen molar-refractivity contribution in [1.82, 2.24) is 19.9 Å². The number of H-pyrrole nitrogens is 1. The molecule has 140 valence electrons. The smallest absolute Gasteiger partial charge is 0.248 e. The molecule has 4 rings (SSSR count). The van der Waals surface area contributed by atoms with Crippen LogP contribution in [-0.4, -0.2) is 39.1 Å². The number of fused-ring (bicyclic) bond motifs is 1. The second-order valence-electron chi connectivity index (χ2n) is 6.90. The van der Waals surface area contributed by atoms with E-state index in [-0.39, 0.29) is 0 Å². The van der Waals surface area contributed by atoms with E-state index in [1.165, 1.54) is 0 Å². The number of hydrogen-bond acceptors (Lipinski definition) is 5. The fraction of sp³-hybridized carbons (Fsp3) is 0.400. The maximum absolute atomic E-state index is 11.5. The van der Waals surface area contributed by atoms with Crippen molar-refractivity contribution in [2.24, 2.45) is 5.73 Å². The van der Waals surface area contributed by atoms with Crippen molar-refractivity contribution < 1.29 is 9.53 Å². The number of rotatable bonds is 6. The lowest BCUT2D eigenvalue weighted by atomic mass is 9.93. The molecule has 0 saturated carbocycles. The zero-order valence-corrected chi connectivity index (χ0v) is 15.1. The Morgan fingerprint density at radius 3 is 2.78 bits per heavy atom. The topological polar surface area (TPSA) is 107 Å². The highest BCUT2D eigenvalue weighted by Crippen LogP contribution is 2.29. The zero-order valence-electron chi connectivity index (χ0n) is 15.1. The lowest BCUT2D eigenvalue weighted by Crippen LogP contribution is -2.18. The molecule has 1 fully saturated rings. The van der Waals surface area contributed by atoms with Crippen LogP contribution in [0.1, 0.15) is 52.8 Å². The number of carbonyl (C=O) groups is 1. The Kier molecular flexibility index (Phi) is 5.11. The minimum Gasteiger partial charge on any atom is -0.381 e. The van der Waals surface area contributed by atoms with Crippen molar-refractivity contribution in [2.45, 2.75) is 38.0 Å². The number of nitrogens with two attached hydrogens (primary N) is 1. The van der Waals surface area contributed by atoms with Crippen molar-refractivity contribution in [3.8, 4) is 0 Å². The number of aromatic nitrogens is 4. The Balaban J connectivity index is 1.65. The maximum atomic E-state index is 11.5. The summed E-state index contributed by atoms with van der Waals surface area (Å²) in [6.45, 7) is 1.52. The van der Waals surface area contributed by atoms with Gasteiger partial charge in [0.2, 0.25) is 5.91 Å². The normalized spacial score (nSPS) is 15.3. The molecule has 3 aromatic rings. The maximum Gasteiger partial charge on any atom is 0.248 e. The van der Waals surface area contributed by atoms with E-state index < -0.39 is 5.91 Å². The van der Waals surface area contributed by atoms with Crippen LogP contribution < -0.4 is 5.73 Å². The molecule has 2 aromatic heterocycles. The predicted molar refractivity (Wildman–Crippen MR) is 101 cm³/mol. The minimum absolute atomic E-state index is 0.366. The Labute approximate surface area is 157 Å². The Bertz CT molecular complexity index is 933. The van der Waals surface area contributed by atoms with Gasteiger partial charge in [0.05, 0.1) is 22.4 Å². The van der Waals surface area contributed by atoms with Gasteiger partial charge in [0.15, 0.2) is 0 Å². The largest absolute Gasteiger partial charge is 0.381 e. The summed E-state index contributed by atoms with van der Waals surface area (Å²) in [7, 11) is 0. The van der Waals surface area contributed by atoms with Gasteiger partial charge in [-0.2, -0.15) is 0 Å². The van der Waals surface area contributed by atoms with E-state index in [1.54, 1.807) is 18.3 Å². The molecule has 0 spiro atoms. The van der Waals surface area contributed by atoms with E-state index in [9.17, 15) is 4.79 Å². The van der Waals surface area contributed by atoms with Gasteiger partial charge in [0.25, 0.3) is 0 Å². The molecule has 1 amide bonds. The number of imidazole rings is 1. The third-order valence-corrected chi connectivity index (χ3v) is 5.04. The van der Waals surface area contributed by atoms with Gasteiger partial charge >= 0.3 is 0 Å². The van der Waals surface area contributed by atoms with Gasteiger partial charge in [-0.3, -0.25) is 4.79 Å². The SMILES string of the molecule is NC(=O)c1ccc2nc(C3CCOCC3)c(CCCc3ncc[nH]3)nc2c1. The fourth-order valence-corrected chi connectivity index (χ4v) is 3.60. The van der Waals surface area contributed by atoms with Crippen LogP contribution in [-0.2, 0) is 17.6 Å². The Hall–Kier alpha value is -2.80. The predicted octanol–water partition coefficient (Wildman–Crippen LogP) is 2.52. The van der Waals surface area contributed by atoms with Crippen LogP contribution in [0.5, 0.6) is 0 Å². The number of aryl methyl sites for hydroxylation is 2. The molecule has 7 nitrogen and oxygen atoms in total. The summed E-state index contributed by atoms with van der Waals surface area (Å²) in [6, 6.07) is 5.27. The Morgan fingerprint density at radius 1 is 1.19 bits per heavy atom. The third-order valence-electron chi connectivity index (χ3n) is 5.04. The van der Waals surface area contributed by atoms with Gasteiger partial charge in [-0.15, -0.1) is 0 Å². The van der Waals surface area contributed by atoms with E-state index >= 15 is 0 Å².